The van der Waals surface area contributed by atoms with Gasteiger partial charge in [0.25, 0.3) is 17.5 Å². The van der Waals surface area contributed by atoms with Crippen LogP contribution in [0.3, 0.4) is 0 Å². The Morgan fingerprint density at radius 2 is 1.53 bits per heavy atom. The first-order valence-corrected chi connectivity index (χ1v) is 9.46. The highest BCUT2D eigenvalue weighted by Crippen LogP contribution is 2.32. The van der Waals surface area contributed by atoms with Gasteiger partial charge >= 0.3 is 0 Å². The van der Waals surface area contributed by atoms with Gasteiger partial charge in [0.2, 0.25) is 0 Å². The van der Waals surface area contributed by atoms with Gasteiger partial charge in [-0.15, -0.1) is 0 Å². The van der Waals surface area contributed by atoms with Crippen molar-refractivity contribution in [3.8, 4) is 0 Å². The predicted octanol–water partition coefficient (Wildman–Crippen LogP) is 4.27. The summed E-state index contributed by atoms with van der Waals surface area (Å²) in [5.74, 6) is -2.42. The van der Waals surface area contributed by atoms with Gasteiger partial charge in [-0.3, -0.25) is 24.6 Å². The van der Waals surface area contributed by atoms with E-state index in [1.54, 1.807) is 6.07 Å². The summed E-state index contributed by atoms with van der Waals surface area (Å²) in [7, 11) is 0. The molecule has 3 aromatic carbocycles. The number of halogens is 2. The van der Waals surface area contributed by atoms with Crippen LogP contribution in [0.5, 0.6) is 0 Å². The van der Waals surface area contributed by atoms with Crippen LogP contribution in [0.25, 0.3) is 5.57 Å². The van der Waals surface area contributed by atoms with E-state index >= 15 is 0 Å². The zero-order chi connectivity index (χ0) is 22.8. The Balaban J connectivity index is 1.75. The van der Waals surface area contributed by atoms with Crippen molar-refractivity contribution < 1.29 is 23.3 Å². The van der Waals surface area contributed by atoms with Crippen molar-refractivity contribution in [1.82, 2.24) is 4.90 Å². The number of imide groups is 1. The SMILES string of the molecule is O=C1C(Nc2ccc(F)cc2)=C(c2ccc([N+](=O)[O-])cc2)C(=O)N1Cc1ccccc1F. The molecule has 32 heavy (non-hydrogen) atoms. The van der Waals surface area contributed by atoms with Crippen LogP contribution in [-0.2, 0) is 16.1 Å². The molecular weight excluding hydrogens is 420 g/mol. The third kappa shape index (κ3) is 3.95. The largest absolute Gasteiger partial charge is 0.350 e. The molecule has 3 aromatic rings. The maximum atomic E-state index is 14.1. The van der Waals surface area contributed by atoms with E-state index < -0.39 is 28.4 Å². The second kappa shape index (κ2) is 8.38. The lowest BCUT2D eigenvalue weighted by Gasteiger charge is -2.16. The lowest BCUT2D eigenvalue weighted by atomic mass is 10.0. The number of carbonyl (C=O) groups excluding carboxylic acids is 2. The minimum absolute atomic E-state index is 0.0226. The number of nitrogens with zero attached hydrogens (tertiary/aromatic N) is 2. The molecule has 160 valence electrons. The molecule has 0 saturated heterocycles. The standard InChI is InChI=1S/C23H15F2N3O4/c24-16-7-9-17(10-8-16)26-21-20(14-5-11-18(12-6-14)28(31)32)22(29)27(23(21)30)13-15-3-1-2-4-19(15)25/h1-12,26H,13H2. The molecule has 0 aliphatic carbocycles. The van der Waals surface area contributed by atoms with Crippen LogP contribution in [0.15, 0.2) is 78.5 Å². The number of rotatable bonds is 6. The van der Waals surface area contributed by atoms with E-state index in [2.05, 4.69) is 5.32 Å². The minimum Gasteiger partial charge on any atom is -0.350 e. The van der Waals surface area contributed by atoms with Gasteiger partial charge in [0.1, 0.15) is 17.3 Å². The Kier molecular flexibility index (Phi) is 5.46. The zero-order valence-electron chi connectivity index (χ0n) is 16.4. The fourth-order valence-electron chi connectivity index (χ4n) is 3.33. The van der Waals surface area contributed by atoms with Gasteiger partial charge in [-0.05, 0) is 48.0 Å². The van der Waals surface area contributed by atoms with Gasteiger partial charge in [-0.1, -0.05) is 18.2 Å². The van der Waals surface area contributed by atoms with Crippen LogP contribution in [0, 0.1) is 21.7 Å². The van der Waals surface area contributed by atoms with Gasteiger partial charge in [0.15, 0.2) is 0 Å². The number of nitro benzene ring substituents is 1. The molecular formula is C23H15F2N3O4. The van der Waals surface area contributed by atoms with Crippen LogP contribution in [0.4, 0.5) is 20.2 Å². The third-order valence-corrected chi connectivity index (χ3v) is 4.93. The number of hydrogen-bond donors (Lipinski definition) is 1. The van der Waals surface area contributed by atoms with E-state index in [4.69, 9.17) is 0 Å². The fraction of sp³-hybridized carbons (Fsp3) is 0.0435. The normalized spacial score (nSPS) is 13.6. The van der Waals surface area contributed by atoms with E-state index in [1.165, 1.54) is 66.7 Å². The number of hydrogen-bond acceptors (Lipinski definition) is 5. The van der Waals surface area contributed by atoms with E-state index in [0.29, 0.717) is 5.69 Å². The van der Waals surface area contributed by atoms with Gasteiger partial charge in [-0.25, -0.2) is 8.78 Å². The lowest BCUT2D eigenvalue weighted by Crippen LogP contribution is -2.32. The summed E-state index contributed by atoms with van der Waals surface area (Å²) in [5.41, 5.74) is 0.490. The Hall–Kier alpha value is -4.40. The molecule has 1 aliphatic rings. The second-order valence-corrected chi connectivity index (χ2v) is 6.97. The number of anilines is 1. The molecule has 0 spiro atoms. The Bertz CT molecular complexity index is 1250. The Morgan fingerprint density at radius 3 is 2.16 bits per heavy atom. The lowest BCUT2D eigenvalue weighted by molar-refractivity contribution is -0.384. The average molecular weight is 435 g/mol. The molecule has 1 N–H and O–H groups in total. The molecule has 4 rings (SSSR count). The number of carbonyl (C=O) groups is 2. The van der Waals surface area contributed by atoms with Gasteiger partial charge in [0, 0.05) is 23.4 Å². The van der Waals surface area contributed by atoms with Gasteiger partial charge in [-0.2, -0.15) is 0 Å². The first-order chi connectivity index (χ1) is 15.3. The molecule has 0 aromatic heterocycles. The van der Waals surface area contributed by atoms with Crippen LogP contribution < -0.4 is 5.32 Å². The molecule has 0 atom stereocenters. The number of nitro groups is 1. The highest BCUT2D eigenvalue weighted by molar-refractivity contribution is 6.36. The molecule has 0 fully saturated rings. The van der Waals surface area contributed by atoms with Crippen LogP contribution in [-0.4, -0.2) is 21.6 Å². The summed E-state index contributed by atoms with van der Waals surface area (Å²) in [6, 6.07) is 16.1. The van der Waals surface area contributed by atoms with Crippen LogP contribution >= 0.6 is 0 Å². The zero-order valence-corrected chi connectivity index (χ0v) is 16.4. The molecule has 9 heteroatoms. The summed E-state index contributed by atoms with van der Waals surface area (Å²) < 4.78 is 27.4. The summed E-state index contributed by atoms with van der Waals surface area (Å²) in [6.07, 6.45) is 0. The number of amides is 2. The maximum Gasteiger partial charge on any atom is 0.278 e. The van der Waals surface area contributed by atoms with Crippen molar-refractivity contribution in [1.29, 1.82) is 0 Å². The smallest absolute Gasteiger partial charge is 0.278 e. The van der Waals surface area contributed by atoms with E-state index in [1.807, 2.05) is 0 Å². The van der Waals surface area contributed by atoms with Crippen molar-refractivity contribution >= 4 is 28.8 Å². The van der Waals surface area contributed by atoms with Crippen molar-refractivity contribution in [3.63, 3.8) is 0 Å². The second-order valence-electron chi connectivity index (χ2n) is 6.97. The predicted molar refractivity (Wildman–Crippen MR) is 112 cm³/mol. The van der Waals surface area contributed by atoms with Gasteiger partial charge < -0.3 is 5.32 Å². The Morgan fingerprint density at radius 1 is 0.875 bits per heavy atom. The summed E-state index contributed by atoms with van der Waals surface area (Å²) in [4.78, 5) is 37.6. The average Bonchev–Trinajstić information content (AvgIpc) is 3.01. The molecule has 2 amide bonds. The van der Waals surface area contributed by atoms with Gasteiger partial charge in [0.05, 0.1) is 17.0 Å². The summed E-state index contributed by atoms with van der Waals surface area (Å²) >= 11 is 0. The molecule has 0 bridgehead atoms. The van der Waals surface area contributed by atoms with E-state index in [0.717, 1.165) is 4.90 Å². The number of nitrogens with one attached hydrogen (secondary N) is 1. The Labute approximate surface area is 180 Å². The molecule has 0 radical (unpaired) electrons. The number of benzene rings is 3. The fourth-order valence-corrected chi connectivity index (χ4v) is 3.33. The van der Waals surface area contributed by atoms with Crippen molar-refractivity contribution in [2.45, 2.75) is 6.54 Å². The highest BCUT2D eigenvalue weighted by Gasteiger charge is 2.39. The van der Waals surface area contributed by atoms with Crippen molar-refractivity contribution in [2.24, 2.45) is 0 Å². The molecule has 0 unspecified atom stereocenters. The van der Waals surface area contributed by atoms with Crippen LogP contribution in [0.1, 0.15) is 11.1 Å². The molecule has 1 heterocycles. The molecule has 7 nitrogen and oxygen atoms in total. The third-order valence-electron chi connectivity index (χ3n) is 4.93. The topological polar surface area (TPSA) is 92.5 Å². The highest BCUT2D eigenvalue weighted by atomic mass is 19.1. The first-order valence-electron chi connectivity index (χ1n) is 9.46. The summed E-state index contributed by atoms with van der Waals surface area (Å²) in [6.45, 7) is -0.296. The van der Waals surface area contributed by atoms with E-state index in [-0.39, 0.29) is 34.6 Å². The van der Waals surface area contributed by atoms with Crippen molar-refractivity contribution in [2.75, 3.05) is 5.32 Å². The minimum atomic E-state index is -0.698. The first kappa shape index (κ1) is 20.9. The summed E-state index contributed by atoms with van der Waals surface area (Å²) in [5, 5.41) is 13.8. The quantitative estimate of drug-likeness (QED) is 0.355. The molecule has 0 saturated carbocycles. The monoisotopic (exact) mass is 435 g/mol. The maximum absolute atomic E-state index is 14.1. The van der Waals surface area contributed by atoms with E-state index in [9.17, 15) is 28.5 Å². The number of non-ortho nitro benzene ring substituents is 1. The molecule has 1 aliphatic heterocycles. The van der Waals surface area contributed by atoms with Crippen molar-refractivity contribution in [3.05, 3.63) is 111 Å². The van der Waals surface area contributed by atoms with Crippen LogP contribution in [0.2, 0.25) is 0 Å².